The summed E-state index contributed by atoms with van der Waals surface area (Å²) in [5.41, 5.74) is 11.4. The lowest BCUT2D eigenvalue weighted by molar-refractivity contribution is 0.0946. The Morgan fingerprint density at radius 2 is 1.88 bits per heavy atom. The number of nitrogens with one attached hydrogen (secondary N) is 1. The lowest BCUT2D eigenvalue weighted by atomic mass is 9.94. The van der Waals surface area contributed by atoms with Gasteiger partial charge in [-0.2, -0.15) is 4.39 Å². The number of carbonyl (C=O) groups is 1. The zero-order chi connectivity index (χ0) is 22.2. The van der Waals surface area contributed by atoms with Gasteiger partial charge in [0.1, 0.15) is 5.82 Å². The number of ether oxygens (including phenoxy) is 1. The highest BCUT2D eigenvalue weighted by atomic mass is 19.1. The van der Waals surface area contributed by atoms with E-state index in [1.165, 1.54) is 0 Å². The number of carbonyl (C=O) groups excluding carboxylic acids is 1. The van der Waals surface area contributed by atoms with Crippen LogP contribution in [0.25, 0.3) is 22.3 Å². The van der Waals surface area contributed by atoms with E-state index in [2.05, 4.69) is 15.2 Å². The van der Waals surface area contributed by atoms with Gasteiger partial charge in [0, 0.05) is 49.1 Å². The fourth-order valence-electron chi connectivity index (χ4n) is 4.54. The summed E-state index contributed by atoms with van der Waals surface area (Å²) in [4.78, 5) is 18.3. The number of nitrogens with two attached hydrogens (primary N) is 1. The van der Waals surface area contributed by atoms with Crippen molar-refractivity contribution in [1.82, 2.24) is 10.3 Å². The molecular formula is C25H25FN4O2. The molecule has 0 aliphatic carbocycles. The van der Waals surface area contributed by atoms with Gasteiger partial charge in [0.15, 0.2) is 0 Å². The summed E-state index contributed by atoms with van der Waals surface area (Å²) < 4.78 is 20.2. The van der Waals surface area contributed by atoms with Gasteiger partial charge in [-0.3, -0.25) is 4.79 Å². The van der Waals surface area contributed by atoms with E-state index in [9.17, 15) is 9.18 Å². The summed E-state index contributed by atoms with van der Waals surface area (Å²) in [5.74, 6) is -0.540. The van der Waals surface area contributed by atoms with Gasteiger partial charge < -0.3 is 20.7 Å². The predicted molar refractivity (Wildman–Crippen MR) is 123 cm³/mol. The number of hydrogen-bond donors (Lipinski definition) is 2. The number of nitrogen functional groups attached to an aromatic ring is 1. The number of aromatic nitrogens is 1. The molecule has 2 aromatic carbocycles. The van der Waals surface area contributed by atoms with E-state index >= 15 is 0 Å². The molecule has 32 heavy (non-hydrogen) atoms. The molecule has 1 saturated heterocycles. The minimum absolute atomic E-state index is 0.0707. The fourth-order valence-corrected chi connectivity index (χ4v) is 4.54. The Balaban J connectivity index is 1.47. The molecule has 2 aliphatic rings. The van der Waals surface area contributed by atoms with Crippen LogP contribution in [0, 0.1) is 5.95 Å². The standard InChI is InChI=1S/C25H25FN4O2/c1-32-19-9-11-30(14-19)18-5-2-15(3-6-18)21-13-22(24(27)29-23(21)26)16-4-7-20-17(12-16)8-10-28-25(20)31/h2-7,12-13,19H,8-11,14H2,1H3,(H2,27,29)(H,28,31)/t19-/m0/s1. The first-order valence-electron chi connectivity index (χ1n) is 10.8. The van der Waals surface area contributed by atoms with Gasteiger partial charge in [-0.1, -0.05) is 24.3 Å². The van der Waals surface area contributed by atoms with Crippen molar-refractivity contribution in [3.8, 4) is 22.3 Å². The molecule has 3 N–H and O–H groups in total. The molecule has 0 unspecified atom stereocenters. The Morgan fingerprint density at radius 3 is 2.62 bits per heavy atom. The van der Waals surface area contributed by atoms with Gasteiger partial charge in [-0.15, -0.1) is 0 Å². The van der Waals surface area contributed by atoms with E-state index in [0.29, 0.717) is 23.2 Å². The number of fused-ring (bicyclic) bond motifs is 1. The molecule has 6 nitrogen and oxygen atoms in total. The minimum Gasteiger partial charge on any atom is -0.383 e. The molecule has 0 radical (unpaired) electrons. The smallest absolute Gasteiger partial charge is 0.251 e. The summed E-state index contributed by atoms with van der Waals surface area (Å²) in [5, 5.41) is 2.84. The maximum Gasteiger partial charge on any atom is 0.251 e. The Bertz CT molecular complexity index is 1180. The highest BCUT2D eigenvalue weighted by Gasteiger charge is 2.23. The molecule has 164 valence electrons. The van der Waals surface area contributed by atoms with Crippen LogP contribution >= 0.6 is 0 Å². The van der Waals surface area contributed by atoms with Crippen LogP contribution in [0.2, 0.25) is 0 Å². The average molecular weight is 432 g/mol. The number of halogens is 1. The molecule has 1 aromatic heterocycles. The number of pyridine rings is 1. The van der Waals surface area contributed by atoms with Crippen molar-refractivity contribution >= 4 is 17.4 Å². The van der Waals surface area contributed by atoms with Gasteiger partial charge >= 0.3 is 0 Å². The number of nitrogens with zero attached hydrogens (tertiary/aromatic N) is 2. The second kappa shape index (κ2) is 8.24. The predicted octanol–water partition coefficient (Wildman–Crippen LogP) is 3.65. The fraction of sp³-hybridized carbons (Fsp3) is 0.280. The van der Waals surface area contributed by atoms with Crippen molar-refractivity contribution in [2.75, 3.05) is 37.4 Å². The molecule has 0 spiro atoms. The molecule has 3 heterocycles. The van der Waals surface area contributed by atoms with E-state index in [1.807, 2.05) is 36.4 Å². The summed E-state index contributed by atoms with van der Waals surface area (Å²) >= 11 is 0. The first-order chi connectivity index (χ1) is 15.5. The van der Waals surface area contributed by atoms with Crippen molar-refractivity contribution in [1.29, 1.82) is 0 Å². The largest absolute Gasteiger partial charge is 0.383 e. The molecule has 2 aliphatic heterocycles. The summed E-state index contributed by atoms with van der Waals surface area (Å²) in [6.45, 7) is 2.40. The van der Waals surface area contributed by atoms with Crippen LogP contribution in [0.15, 0.2) is 48.5 Å². The maximum absolute atomic E-state index is 14.8. The first kappa shape index (κ1) is 20.5. The SMILES string of the molecule is CO[C@H]1CCN(c2ccc(-c3cc(-c4ccc5c(c4)CCNC5=O)c(N)nc3F)cc2)C1. The molecule has 1 amide bonds. The van der Waals surface area contributed by atoms with E-state index < -0.39 is 5.95 Å². The Hall–Kier alpha value is -3.45. The van der Waals surface area contributed by atoms with Crippen molar-refractivity contribution in [2.24, 2.45) is 0 Å². The minimum atomic E-state index is -0.600. The first-order valence-corrected chi connectivity index (χ1v) is 10.8. The third kappa shape index (κ3) is 3.69. The maximum atomic E-state index is 14.8. The molecule has 0 saturated carbocycles. The number of hydrogen-bond acceptors (Lipinski definition) is 5. The molecular weight excluding hydrogens is 407 g/mol. The zero-order valence-corrected chi connectivity index (χ0v) is 17.9. The number of benzene rings is 2. The Labute approximate surface area is 186 Å². The quantitative estimate of drug-likeness (QED) is 0.615. The number of methoxy groups -OCH3 is 1. The third-order valence-corrected chi connectivity index (χ3v) is 6.37. The van der Waals surface area contributed by atoms with Gasteiger partial charge in [0.25, 0.3) is 5.91 Å². The van der Waals surface area contributed by atoms with Crippen LogP contribution in [-0.4, -0.2) is 43.7 Å². The molecule has 7 heteroatoms. The van der Waals surface area contributed by atoms with Crippen LogP contribution in [0.1, 0.15) is 22.3 Å². The average Bonchev–Trinajstić information content (AvgIpc) is 3.29. The number of anilines is 2. The lowest BCUT2D eigenvalue weighted by Gasteiger charge is -2.19. The van der Waals surface area contributed by atoms with E-state index in [0.717, 1.165) is 48.3 Å². The van der Waals surface area contributed by atoms with Gasteiger partial charge in [-0.05, 0) is 53.8 Å². The molecule has 3 aromatic rings. The zero-order valence-electron chi connectivity index (χ0n) is 17.9. The summed E-state index contributed by atoms with van der Waals surface area (Å²) in [6.07, 6.45) is 2.00. The van der Waals surface area contributed by atoms with Crippen molar-refractivity contribution in [3.05, 3.63) is 65.6 Å². The van der Waals surface area contributed by atoms with Crippen LogP contribution in [-0.2, 0) is 11.2 Å². The van der Waals surface area contributed by atoms with Crippen LogP contribution < -0.4 is 16.0 Å². The number of amides is 1. The van der Waals surface area contributed by atoms with E-state index in [-0.39, 0.29) is 17.8 Å². The summed E-state index contributed by atoms with van der Waals surface area (Å²) in [7, 11) is 1.74. The van der Waals surface area contributed by atoms with Crippen LogP contribution in [0.4, 0.5) is 15.9 Å². The Kier molecular flexibility index (Phi) is 5.27. The lowest BCUT2D eigenvalue weighted by Crippen LogP contribution is -2.31. The molecule has 5 rings (SSSR count). The third-order valence-electron chi connectivity index (χ3n) is 6.37. The highest BCUT2D eigenvalue weighted by molar-refractivity contribution is 5.97. The van der Waals surface area contributed by atoms with Crippen molar-refractivity contribution in [2.45, 2.75) is 18.9 Å². The van der Waals surface area contributed by atoms with Crippen molar-refractivity contribution in [3.63, 3.8) is 0 Å². The highest BCUT2D eigenvalue weighted by Crippen LogP contribution is 2.34. The molecule has 1 atom stereocenters. The second-order valence-corrected chi connectivity index (χ2v) is 8.28. The monoisotopic (exact) mass is 432 g/mol. The number of rotatable bonds is 4. The molecule has 0 bridgehead atoms. The molecule has 1 fully saturated rings. The summed E-state index contributed by atoms with van der Waals surface area (Å²) in [6, 6.07) is 15.1. The van der Waals surface area contributed by atoms with Crippen LogP contribution in [0.3, 0.4) is 0 Å². The van der Waals surface area contributed by atoms with Gasteiger partial charge in [-0.25, -0.2) is 4.98 Å². The van der Waals surface area contributed by atoms with E-state index in [1.54, 1.807) is 19.2 Å². The Morgan fingerprint density at radius 1 is 1.09 bits per heavy atom. The normalized spacial score (nSPS) is 17.9. The van der Waals surface area contributed by atoms with E-state index in [4.69, 9.17) is 10.5 Å². The van der Waals surface area contributed by atoms with Crippen LogP contribution in [0.5, 0.6) is 0 Å². The van der Waals surface area contributed by atoms with Gasteiger partial charge in [0.2, 0.25) is 5.95 Å². The topological polar surface area (TPSA) is 80.5 Å². The van der Waals surface area contributed by atoms with Crippen molar-refractivity contribution < 1.29 is 13.9 Å². The van der Waals surface area contributed by atoms with Gasteiger partial charge in [0.05, 0.1) is 6.10 Å². The second-order valence-electron chi connectivity index (χ2n) is 8.28.